The molecule has 2 N–H and O–H groups in total. The molecular weight excluding hydrogens is 204 g/mol. The summed E-state index contributed by atoms with van der Waals surface area (Å²) in [6.45, 7) is 0. The average Bonchev–Trinajstić information content (AvgIpc) is 2.69. The SMILES string of the molecule is N#CC=Cc1ccc2cc(C(=O)O)[nH]c2c1. The molecule has 0 aliphatic carbocycles. The minimum absolute atomic E-state index is 0.163. The number of aromatic amines is 1. The molecule has 2 aromatic rings. The minimum atomic E-state index is -0.981. The van der Waals surface area contributed by atoms with Crippen molar-refractivity contribution < 1.29 is 9.90 Å². The molecule has 0 saturated carbocycles. The molecule has 1 aromatic heterocycles. The maximum atomic E-state index is 10.7. The molecule has 16 heavy (non-hydrogen) atoms. The number of benzene rings is 1. The van der Waals surface area contributed by atoms with Gasteiger partial charge in [-0.2, -0.15) is 5.26 Å². The van der Waals surface area contributed by atoms with Gasteiger partial charge in [0.1, 0.15) is 5.69 Å². The number of nitrogens with zero attached hydrogens (tertiary/aromatic N) is 1. The molecule has 4 nitrogen and oxygen atoms in total. The Morgan fingerprint density at radius 3 is 2.94 bits per heavy atom. The van der Waals surface area contributed by atoms with Crippen LogP contribution in [0.3, 0.4) is 0 Å². The number of fused-ring (bicyclic) bond motifs is 1. The monoisotopic (exact) mass is 212 g/mol. The van der Waals surface area contributed by atoms with Gasteiger partial charge in [0, 0.05) is 17.0 Å². The van der Waals surface area contributed by atoms with Crippen LogP contribution in [0.2, 0.25) is 0 Å². The van der Waals surface area contributed by atoms with Crippen molar-refractivity contribution in [2.75, 3.05) is 0 Å². The van der Waals surface area contributed by atoms with Crippen molar-refractivity contribution in [3.63, 3.8) is 0 Å². The molecule has 0 atom stereocenters. The predicted octanol–water partition coefficient (Wildman–Crippen LogP) is 2.40. The van der Waals surface area contributed by atoms with Crippen molar-refractivity contribution in [1.29, 1.82) is 5.26 Å². The highest BCUT2D eigenvalue weighted by molar-refractivity contribution is 5.94. The highest BCUT2D eigenvalue weighted by atomic mass is 16.4. The Bertz CT molecular complexity index is 617. The summed E-state index contributed by atoms with van der Waals surface area (Å²) in [6, 6.07) is 8.93. The molecule has 1 aromatic carbocycles. The van der Waals surface area contributed by atoms with E-state index in [1.54, 1.807) is 18.2 Å². The lowest BCUT2D eigenvalue weighted by atomic mass is 10.1. The van der Waals surface area contributed by atoms with Gasteiger partial charge in [0.25, 0.3) is 0 Å². The number of nitriles is 1. The Kier molecular flexibility index (Phi) is 2.44. The fourth-order valence-corrected chi connectivity index (χ4v) is 1.50. The van der Waals surface area contributed by atoms with Crippen molar-refractivity contribution in [2.45, 2.75) is 0 Å². The Balaban J connectivity index is 2.50. The highest BCUT2D eigenvalue weighted by Crippen LogP contribution is 2.17. The lowest BCUT2D eigenvalue weighted by molar-refractivity contribution is 0.0691. The summed E-state index contributed by atoms with van der Waals surface area (Å²) < 4.78 is 0. The molecule has 0 amide bonds. The Morgan fingerprint density at radius 1 is 1.44 bits per heavy atom. The van der Waals surface area contributed by atoms with Crippen LogP contribution in [0.1, 0.15) is 16.1 Å². The maximum absolute atomic E-state index is 10.7. The quantitative estimate of drug-likeness (QED) is 0.750. The Hall–Kier alpha value is -2.54. The predicted molar refractivity (Wildman–Crippen MR) is 59.9 cm³/mol. The fourth-order valence-electron chi connectivity index (χ4n) is 1.50. The first-order chi connectivity index (χ1) is 7.70. The summed E-state index contributed by atoms with van der Waals surface area (Å²) in [6.07, 6.45) is 3.04. The molecule has 1 heterocycles. The third-order valence-corrected chi connectivity index (χ3v) is 2.23. The zero-order valence-corrected chi connectivity index (χ0v) is 8.27. The maximum Gasteiger partial charge on any atom is 0.352 e. The number of carboxylic acid groups (broad SMARTS) is 1. The van der Waals surface area contributed by atoms with E-state index in [0.717, 1.165) is 16.5 Å². The molecule has 0 aliphatic rings. The second kappa shape index (κ2) is 3.91. The standard InChI is InChI=1S/C12H8N2O2/c13-5-1-2-8-3-4-9-7-11(12(15)16)14-10(9)6-8/h1-4,6-7,14H,(H,15,16). The van der Waals surface area contributed by atoms with Crippen LogP contribution in [0.15, 0.2) is 30.3 Å². The van der Waals surface area contributed by atoms with Gasteiger partial charge in [-0.1, -0.05) is 12.1 Å². The number of aromatic carboxylic acids is 1. The van der Waals surface area contributed by atoms with Gasteiger partial charge < -0.3 is 10.1 Å². The number of aromatic nitrogens is 1. The van der Waals surface area contributed by atoms with Gasteiger partial charge in [-0.25, -0.2) is 4.79 Å². The van der Waals surface area contributed by atoms with Crippen LogP contribution in [0.25, 0.3) is 17.0 Å². The number of allylic oxidation sites excluding steroid dienone is 1. The van der Waals surface area contributed by atoms with E-state index >= 15 is 0 Å². The molecule has 0 radical (unpaired) electrons. The van der Waals surface area contributed by atoms with E-state index in [1.807, 2.05) is 18.2 Å². The molecule has 4 heteroatoms. The van der Waals surface area contributed by atoms with E-state index in [0.29, 0.717) is 0 Å². The van der Waals surface area contributed by atoms with Crippen molar-refractivity contribution in [1.82, 2.24) is 4.98 Å². The lowest BCUT2D eigenvalue weighted by Gasteiger charge is -1.92. The Labute approximate surface area is 91.4 Å². The van der Waals surface area contributed by atoms with E-state index in [-0.39, 0.29) is 5.69 Å². The van der Waals surface area contributed by atoms with Crippen LogP contribution < -0.4 is 0 Å². The molecule has 78 valence electrons. The first-order valence-corrected chi connectivity index (χ1v) is 4.63. The van der Waals surface area contributed by atoms with Crippen LogP contribution in [-0.2, 0) is 0 Å². The summed E-state index contributed by atoms with van der Waals surface area (Å²) >= 11 is 0. The first kappa shape index (κ1) is 9.99. The summed E-state index contributed by atoms with van der Waals surface area (Å²) in [7, 11) is 0. The zero-order chi connectivity index (χ0) is 11.5. The van der Waals surface area contributed by atoms with Gasteiger partial charge in [0.05, 0.1) is 6.07 Å². The molecule has 0 bridgehead atoms. The number of nitrogens with one attached hydrogen (secondary N) is 1. The van der Waals surface area contributed by atoms with Gasteiger partial charge in [0.15, 0.2) is 0 Å². The molecule has 2 rings (SSSR count). The molecule has 0 fully saturated rings. The van der Waals surface area contributed by atoms with Crippen molar-refractivity contribution in [2.24, 2.45) is 0 Å². The number of rotatable bonds is 2. The van der Waals surface area contributed by atoms with Crippen LogP contribution in [0.5, 0.6) is 0 Å². The number of H-pyrrole nitrogens is 1. The lowest BCUT2D eigenvalue weighted by Crippen LogP contribution is -1.94. The first-order valence-electron chi connectivity index (χ1n) is 4.63. The topological polar surface area (TPSA) is 76.9 Å². The third kappa shape index (κ3) is 1.79. The van der Waals surface area contributed by atoms with Crippen molar-refractivity contribution in [3.8, 4) is 6.07 Å². The largest absolute Gasteiger partial charge is 0.477 e. The van der Waals surface area contributed by atoms with Gasteiger partial charge in [-0.05, 0) is 23.8 Å². The highest BCUT2D eigenvalue weighted by Gasteiger charge is 2.06. The van der Waals surface area contributed by atoms with E-state index in [4.69, 9.17) is 10.4 Å². The number of carbonyl (C=O) groups is 1. The van der Waals surface area contributed by atoms with E-state index in [1.165, 1.54) is 6.08 Å². The summed E-state index contributed by atoms with van der Waals surface area (Å²) in [5, 5.41) is 18.0. The third-order valence-electron chi connectivity index (χ3n) is 2.23. The smallest absolute Gasteiger partial charge is 0.352 e. The normalized spacial score (nSPS) is 10.7. The van der Waals surface area contributed by atoms with Gasteiger partial charge >= 0.3 is 5.97 Å². The molecule has 0 aliphatic heterocycles. The second-order valence-electron chi connectivity index (χ2n) is 3.30. The number of hydrogen-bond acceptors (Lipinski definition) is 2. The minimum Gasteiger partial charge on any atom is -0.477 e. The van der Waals surface area contributed by atoms with Gasteiger partial charge in [-0.3, -0.25) is 0 Å². The van der Waals surface area contributed by atoms with Gasteiger partial charge in [-0.15, -0.1) is 0 Å². The van der Waals surface area contributed by atoms with Crippen LogP contribution >= 0.6 is 0 Å². The number of hydrogen-bond donors (Lipinski definition) is 2. The molecular formula is C12H8N2O2. The van der Waals surface area contributed by atoms with Crippen LogP contribution in [-0.4, -0.2) is 16.1 Å². The average molecular weight is 212 g/mol. The number of carboxylic acids is 1. The van der Waals surface area contributed by atoms with Gasteiger partial charge in [0.2, 0.25) is 0 Å². The summed E-state index contributed by atoms with van der Waals surface area (Å²) in [4.78, 5) is 13.5. The second-order valence-corrected chi connectivity index (χ2v) is 3.30. The zero-order valence-electron chi connectivity index (χ0n) is 8.27. The van der Waals surface area contributed by atoms with Crippen molar-refractivity contribution in [3.05, 3.63) is 41.6 Å². The van der Waals surface area contributed by atoms with E-state index in [9.17, 15) is 4.79 Å². The van der Waals surface area contributed by atoms with Crippen molar-refractivity contribution >= 4 is 22.9 Å². The van der Waals surface area contributed by atoms with Crippen LogP contribution in [0.4, 0.5) is 0 Å². The van der Waals surface area contributed by atoms with Crippen LogP contribution in [0, 0.1) is 11.3 Å². The summed E-state index contributed by atoms with van der Waals surface area (Å²) in [5.41, 5.74) is 1.77. The summed E-state index contributed by atoms with van der Waals surface area (Å²) in [5.74, 6) is -0.981. The Morgan fingerprint density at radius 2 is 2.25 bits per heavy atom. The fraction of sp³-hybridized carbons (Fsp3) is 0. The van der Waals surface area contributed by atoms with E-state index in [2.05, 4.69) is 4.98 Å². The molecule has 0 spiro atoms. The van der Waals surface area contributed by atoms with E-state index < -0.39 is 5.97 Å². The molecule has 0 saturated heterocycles. The molecule has 0 unspecified atom stereocenters.